The molecule has 0 aromatic rings. The zero-order chi connectivity index (χ0) is 7.03. The van der Waals surface area contributed by atoms with Gasteiger partial charge in [0.2, 0.25) is 0 Å². The minimum Gasteiger partial charge on any atom is -0.313 e. The van der Waals surface area contributed by atoms with Gasteiger partial charge in [-0.05, 0) is 0 Å². The minimum absolute atomic E-state index is 0.331. The number of hydrogen-bond donors (Lipinski definition) is 1. The van der Waals surface area contributed by atoms with Crippen LogP contribution in [0.1, 0.15) is 0 Å². The van der Waals surface area contributed by atoms with E-state index < -0.39 is 5.54 Å². The van der Waals surface area contributed by atoms with Crippen molar-refractivity contribution in [1.29, 1.82) is 5.26 Å². The Morgan fingerprint density at radius 2 is 2.60 bits per heavy atom. The maximum Gasteiger partial charge on any atom is 0.185 e. The van der Waals surface area contributed by atoms with E-state index in [0.717, 1.165) is 13.1 Å². The fourth-order valence-electron chi connectivity index (χ4n) is 1.50. The van der Waals surface area contributed by atoms with Crippen LogP contribution < -0.4 is 5.32 Å². The first-order chi connectivity index (χ1) is 4.87. The highest BCUT2D eigenvalue weighted by Gasteiger charge is 2.46. The molecule has 0 spiro atoms. The fourth-order valence-corrected chi connectivity index (χ4v) is 1.50. The smallest absolute Gasteiger partial charge is 0.185 e. The molecule has 2 heterocycles. The topological polar surface area (TPSA) is 60.5 Å². The number of nitrogens with zero attached hydrogens (tertiary/aromatic N) is 3. The standard InChI is InChI=1S/C6H8N4/c7-3-6-4-8-1-5(6)2-9-10-6/h5,8H,1-2,4H2/t5-,6-/m0/s1. The lowest BCUT2D eigenvalue weighted by Gasteiger charge is -2.11. The van der Waals surface area contributed by atoms with Gasteiger partial charge in [-0.2, -0.15) is 15.5 Å². The lowest BCUT2D eigenvalue weighted by atomic mass is 9.91. The van der Waals surface area contributed by atoms with Crippen LogP contribution in [-0.2, 0) is 0 Å². The molecule has 2 aliphatic heterocycles. The molecule has 2 rings (SSSR count). The second-order valence-corrected chi connectivity index (χ2v) is 2.79. The summed E-state index contributed by atoms with van der Waals surface area (Å²) >= 11 is 0. The molecule has 0 aromatic carbocycles. The van der Waals surface area contributed by atoms with Crippen molar-refractivity contribution in [2.45, 2.75) is 5.54 Å². The van der Waals surface area contributed by atoms with Gasteiger partial charge in [-0.15, -0.1) is 0 Å². The number of rotatable bonds is 0. The molecule has 1 saturated heterocycles. The molecule has 0 unspecified atom stereocenters. The Hall–Kier alpha value is -0.950. The van der Waals surface area contributed by atoms with Crippen molar-refractivity contribution in [3.05, 3.63) is 0 Å². The van der Waals surface area contributed by atoms with Crippen LogP contribution in [0, 0.1) is 17.2 Å². The molecule has 4 heteroatoms. The summed E-state index contributed by atoms with van der Waals surface area (Å²) in [6.07, 6.45) is 0. The van der Waals surface area contributed by atoms with Crippen molar-refractivity contribution in [3.8, 4) is 6.07 Å². The first-order valence-corrected chi connectivity index (χ1v) is 3.38. The summed E-state index contributed by atoms with van der Waals surface area (Å²) in [4.78, 5) is 0. The molecule has 0 saturated carbocycles. The summed E-state index contributed by atoms with van der Waals surface area (Å²) in [5, 5.41) is 19.7. The first-order valence-electron chi connectivity index (χ1n) is 3.38. The molecule has 0 aromatic heterocycles. The van der Waals surface area contributed by atoms with Crippen molar-refractivity contribution in [2.75, 3.05) is 19.6 Å². The van der Waals surface area contributed by atoms with Gasteiger partial charge in [-0.3, -0.25) is 0 Å². The number of azo groups is 1. The molecular formula is C6H8N4. The average molecular weight is 136 g/mol. The molecular weight excluding hydrogens is 128 g/mol. The minimum atomic E-state index is -0.500. The van der Waals surface area contributed by atoms with Crippen LogP contribution >= 0.6 is 0 Å². The second-order valence-electron chi connectivity index (χ2n) is 2.79. The van der Waals surface area contributed by atoms with Crippen LogP contribution in [0.3, 0.4) is 0 Å². The van der Waals surface area contributed by atoms with Gasteiger partial charge < -0.3 is 5.32 Å². The molecule has 0 radical (unpaired) electrons. The van der Waals surface area contributed by atoms with Crippen LogP contribution in [0.25, 0.3) is 0 Å². The van der Waals surface area contributed by atoms with E-state index >= 15 is 0 Å². The number of fused-ring (bicyclic) bond motifs is 1. The van der Waals surface area contributed by atoms with E-state index in [4.69, 9.17) is 5.26 Å². The molecule has 2 atom stereocenters. The Balaban J connectivity index is 2.33. The van der Waals surface area contributed by atoms with Gasteiger partial charge in [0.25, 0.3) is 0 Å². The summed E-state index contributed by atoms with van der Waals surface area (Å²) < 4.78 is 0. The number of nitrogens with one attached hydrogen (secondary N) is 1. The van der Waals surface area contributed by atoms with Crippen LogP contribution in [0.4, 0.5) is 0 Å². The van der Waals surface area contributed by atoms with Gasteiger partial charge in [0.05, 0.1) is 12.6 Å². The van der Waals surface area contributed by atoms with E-state index in [1.807, 2.05) is 0 Å². The van der Waals surface area contributed by atoms with Crippen molar-refractivity contribution in [3.63, 3.8) is 0 Å². The van der Waals surface area contributed by atoms with Crippen molar-refractivity contribution < 1.29 is 0 Å². The monoisotopic (exact) mass is 136 g/mol. The largest absolute Gasteiger partial charge is 0.313 e. The Morgan fingerprint density at radius 3 is 3.30 bits per heavy atom. The Labute approximate surface area is 58.9 Å². The SMILES string of the molecule is N#C[C@]12CNC[C@H]1CN=N2. The predicted molar refractivity (Wildman–Crippen MR) is 34.4 cm³/mol. The van der Waals surface area contributed by atoms with E-state index in [-0.39, 0.29) is 0 Å². The fraction of sp³-hybridized carbons (Fsp3) is 0.833. The van der Waals surface area contributed by atoms with Gasteiger partial charge in [0.15, 0.2) is 5.54 Å². The van der Waals surface area contributed by atoms with Gasteiger partial charge in [-0.1, -0.05) is 0 Å². The lowest BCUT2D eigenvalue weighted by Crippen LogP contribution is -2.31. The van der Waals surface area contributed by atoms with E-state index in [1.54, 1.807) is 0 Å². The van der Waals surface area contributed by atoms with Gasteiger partial charge in [-0.25, -0.2) is 0 Å². The van der Waals surface area contributed by atoms with Gasteiger partial charge in [0, 0.05) is 19.0 Å². The van der Waals surface area contributed by atoms with Gasteiger partial charge >= 0.3 is 0 Å². The third-order valence-corrected chi connectivity index (χ3v) is 2.21. The van der Waals surface area contributed by atoms with Crippen molar-refractivity contribution in [2.24, 2.45) is 16.1 Å². The molecule has 2 aliphatic rings. The molecule has 10 heavy (non-hydrogen) atoms. The second kappa shape index (κ2) is 1.77. The predicted octanol–water partition coefficient (Wildman–Crippen LogP) is -0.0660. The molecule has 0 bridgehead atoms. The molecule has 0 aliphatic carbocycles. The van der Waals surface area contributed by atoms with Crippen LogP contribution in [-0.4, -0.2) is 25.2 Å². The third-order valence-electron chi connectivity index (χ3n) is 2.21. The van der Waals surface area contributed by atoms with E-state index in [2.05, 4.69) is 21.6 Å². The summed E-state index contributed by atoms with van der Waals surface area (Å²) in [5.74, 6) is 0.331. The Morgan fingerprint density at radius 1 is 1.70 bits per heavy atom. The van der Waals surface area contributed by atoms with Gasteiger partial charge in [0.1, 0.15) is 0 Å². The molecule has 0 amide bonds. The quantitative estimate of drug-likeness (QED) is 0.507. The maximum atomic E-state index is 8.78. The van der Waals surface area contributed by atoms with Crippen LogP contribution in [0.15, 0.2) is 10.2 Å². The Kier molecular flexibility index (Phi) is 1.03. The summed E-state index contributed by atoms with van der Waals surface area (Å²) in [6.45, 7) is 2.29. The maximum absolute atomic E-state index is 8.78. The Bertz CT molecular complexity index is 216. The summed E-state index contributed by atoms with van der Waals surface area (Å²) in [7, 11) is 0. The molecule has 1 N–H and O–H groups in total. The number of nitriles is 1. The molecule has 52 valence electrons. The third kappa shape index (κ3) is 0.531. The van der Waals surface area contributed by atoms with Crippen LogP contribution in [0.2, 0.25) is 0 Å². The average Bonchev–Trinajstić information content (AvgIpc) is 2.42. The lowest BCUT2D eigenvalue weighted by molar-refractivity contribution is 0.497. The number of hydrogen-bond acceptors (Lipinski definition) is 4. The molecule has 1 fully saturated rings. The van der Waals surface area contributed by atoms with E-state index in [1.165, 1.54) is 0 Å². The first kappa shape index (κ1) is 5.81. The van der Waals surface area contributed by atoms with Crippen molar-refractivity contribution in [1.82, 2.24) is 5.32 Å². The van der Waals surface area contributed by atoms with Crippen LogP contribution in [0.5, 0.6) is 0 Å². The highest BCUT2D eigenvalue weighted by atomic mass is 15.2. The summed E-state index contributed by atoms with van der Waals surface area (Å²) in [6, 6.07) is 2.22. The highest BCUT2D eigenvalue weighted by Crippen LogP contribution is 2.31. The van der Waals surface area contributed by atoms with Crippen molar-refractivity contribution >= 4 is 0 Å². The normalized spacial score (nSPS) is 43.3. The zero-order valence-corrected chi connectivity index (χ0v) is 5.54. The molecule has 4 nitrogen and oxygen atoms in total. The van der Waals surface area contributed by atoms with E-state index in [0.29, 0.717) is 12.5 Å². The van der Waals surface area contributed by atoms with E-state index in [9.17, 15) is 0 Å². The zero-order valence-electron chi connectivity index (χ0n) is 5.54. The highest BCUT2D eigenvalue weighted by molar-refractivity contribution is 5.18. The summed E-state index contributed by atoms with van der Waals surface area (Å²) in [5.41, 5.74) is -0.500.